The van der Waals surface area contributed by atoms with Crippen molar-refractivity contribution in [1.29, 1.82) is 0 Å². The van der Waals surface area contributed by atoms with E-state index < -0.39 is 12.2 Å². The van der Waals surface area contributed by atoms with Gasteiger partial charge in [0.25, 0.3) is 0 Å². The van der Waals surface area contributed by atoms with E-state index in [0.29, 0.717) is 5.84 Å². The topological polar surface area (TPSA) is 62.1 Å². The van der Waals surface area contributed by atoms with E-state index in [2.05, 4.69) is 20.9 Å². The number of allylic oxidation sites excluding steroid dienone is 2. The fourth-order valence-electron chi connectivity index (χ4n) is 1.51. The molecule has 1 atom stereocenters. The number of rotatable bonds is 2. The van der Waals surface area contributed by atoms with Gasteiger partial charge in [-0.2, -0.15) is 0 Å². The molecule has 1 unspecified atom stereocenters. The summed E-state index contributed by atoms with van der Waals surface area (Å²) in [6.45, 7) is 1.98. The molecule has 6 heteroatoms. The molecule has 0 spiro atoms. The van der Waals surface area contributed by atoms with Crippen LogP contribution >= 0.6 is 15.9 Å². The first-order valence-electron chi connectivity index (χ1n) is 5.10. The van der Waals surface area contributed by atoms with Crippen LogP contribution in [0.2, 0.25) is 0 Å². The van der Waals surface area contributed by atoms with E-state index in [1.807, 2.05) is 0 Å². The standard InChI is InChI=1S/C11H11BrN2O3/c1-2-17-11(16)8-6-13-9-5-7(12)3-4-14(9)10(8)15/h3-6,10,15H,2H2,1H3. The van der Waals surface area contributed by atoms with Crippen molar-refractivity contribution in [2.75, 3.05) is 6.61 Å². The molecule has 0 aromatic rings. The number of carbonyl (C=O) groups excluding carboxylic acids is 1. The summed E-state index contributed by atoms with van der Waals surface area (Å²) in [5.41, 5.74) is 0.131. The number of aliphatic hydroxyl groups is 1. The lowest BCUT2D eigenvalue weighted by Gasteiger charge is -2.31. The Bertz CT molecular complexity index is 465. The Kier molecular flexibility index (Phi) is 3.44. The van der Waals surface area contributed by atoms with Gasteiger partial charge >= 0.3 is 5.97 Å². The average Bonchev–Trinajstić information content (AvgIpc) is 2.29. The minimum Gasteiger partial charge on any atom is -0.462 e. The van der Waals surface area contributed by atoms with Crippen LogP contribution in [0.15, 0.2) is 39.6 Å². The molecule has 0 saturated carbocycles. The van der Waals surface area contributed by atoms with Gasteiger partial charge in [-0.05, 0) is 19.1 Å². The highest BCUT2D eigenvalue weighted by atomic mass is 79.9. The van der Waals surface area contributed by atoms with E-state index in [4.69, 9.17) is 4.74 Å². The van der Waals surface area contributed by atoms with Crippen LogP contribution in [0.4, 0.5) is 0 Å². The number of ether oxygens (including phenoxy) is 1. The summed E-state index contributed by atoms with van der Waals surface area (Å²) in [5.74, 6) is 0.0183. The molecular formula is C11H11BrN2O3. The zero-order valence-electron chi connectivity index (χ0n) is 9.13. The molecule has 0 radical (unpaired) electrons. The van der Waals surface area contributed by atoms with Crippen LogP contribution in [0.25, 0.3) is 0 Å². The molecule has 2 heterocycles. The van der Waals surface area contributed by atoms with E-state index in [-0.39, 0.29) is 12.2 Å². The van der Waals surface area contributed by atoms with Crippen molar-refractivity contribution in [3.8, 4) is 0 Å². The molecule has 0 aromatic heterocycles. The first-order chi connectivity index (χ1) is 8.13. The molecule has 0 aromatic carbocycles. The number of fused-ring (bicyclic) bond motifs is 1. The summed E-state index contributed by atoms with van der Waals surface area (Å²) in [7, 11) is 0. The minimum absolute atomic E-state index is 0.131. The Morgan fingerprint density at radius 2 is 2.47 bits per heavy atom. The largest absolute Gasteiger partial charge is 0.462 e. The van der Waals surface area contributed by atoms with Crippen LogP contribution in [0.1, 0.15) is 6.92 Å². The first kappa shape index (κ1) is 12.1. The predicted molar refractivity (Wildman–Crippen MR) is 66.1 cm³/mol. The third-order valence-electron chi connectivity index (χ3n) is 2.31. The van der Waals surface area contributed by atoms with E-state index in [0.717, 1.165) is 4.48 Å². The van der Waals surface area contributed by atoms with Gasteiger partial charge in [-0.15, -0.1) is 0 Å². The molecule has 2 aliphatic rings. The van der Waals surface area contributed by atoms with Gasteiger partial charge in [-0.3, -0.25) is 0 Å². The molecule has 0 fully saturated rings. The quantitative estimate of drug-likeness (QED) is 0.780. The van der Waals surface area contributed by atoms with Crippen LogP contribution in [0, 0.1) is 0 Å². The van der Waals surface area contributed by atoms with Crippen molar-refractivity contribution in [1.82, 2.24) is 4.90 Å². The van der Waals surface area contributed by atoms with Crippen molar-refractivity contribution in [2.24, 2.45) is 4.99 Å². The Balaban J connectivity index is 2.28. The Morgan fingerprint density at radius 1 is 1.71 bits per heavy atom. The van der Waals surface area contributed by atoms with Crippen molar-refractivity contribution in [3.63, 3.8) is 0 Å². The first-order valence-corrected chi connectivity index (χ1v) is 5.89. The molecule has 2 aliphatic heterocycles. The summed E-state index contributed by atoms with van der Waals surface area (Å²) in [6, 6.07) is 0. The lowest BCUT2D eigenvalue weighted by Crippen LogP contribution is -2.42. The van der Waals surface area contributed by atoms with Crippen LogP contribution in [0.3, 0.4) is 0 Å². The maximum Gasteiger partial charge on any atom is 0.340 e. The molecule has 0 aliphatic carbocycles. The number of aliphatic imine (C=N–C) groups is 1. The fraction of sp³-hybridized carbons (Fsp3) is 0.273. The number of halogens is 1. The molecule has 1 N–H and O–H groups in total. The highest BCUT2D eigenvalue weighted by Crippen LogP contribution is 2.23. The third-order valence-corrected chi connectivity index (χ3v) is 2.81. The second-order valence-corrected chi connectivity index (χ2v) is 4.33. The fourth-order valence-corrected chi connectivity index (χ4v) is 1.83. The number of aliphatic hydroxyl groups excluding tert-OH is 1. The van der Waals surface area contributed by atoms with Crippen LogP contribution < -0.4 is 0 Å². The normalized spacial score (nSPS) is 22.4. The van der Waals surface area contributed by atoms with Gasteiger partial charge in [0.2, 0.25) is 0 Å². The highest BCUT2D eigenvalue weighted by molar-refractivity contribution is 9.11. The van der Waals surface area contributed by atoms with Gasteiger partial charge in [0.05, 0.1) is 6.61 Å². The molecule has 17 heavy (non-hydrogen) atoms. The van der Waals surface area contributed by atoms with E-state index in [1.165, 1.54) is 11.1 Å². The van der Waals surface area contributed by atoms with Crippen LogP contribution in [0.5, 0.6) is 0 Å². The number of hydrogen-bond acceptors (Lipinski definition) is 5. The smallest absolute Gasteiger partial charge is 0.340 e. The van der Waals surface area contributed by atoms with Gasteiger partial charge < -0.3 is 14.7 Å². The number of amidine groups is 1. The predicted octanol–water partition coefficient (Wildman–Crippen LogP) is 1.27. The SMILES string of the molecule is CCOC(=O)C1=CN=C2C=C(Br)C=CN2C1O. The summed E-state index contributed by atoms with van der Waals surface area (Å²) in [5, 5.41) is 10.0. The number of carbonyl (C=O) groups is 1. The van der Waals surface area contributed by atoms with Gasteiger partial charge in [0.15, 0.2) is 6.23 Å². The van der Waals surface area contributed by atoms with Crippen LogP contribution in [-0.4, -0.2) is 34.6 Å². The number of nitrogens with zero attached hydrogens (tertiary/aromatic N) is 2. The second kappa shape index (κ2) is 4.85. The van der Waals surface area contributed by atoms with Crippen molar-refractivity contribution in [3.05, 3.63) is 34.6 Å². The highest BCUT2D eigenvalue weighted by Gasteiger charge is 2.30. The van der Waals surface area contributed by atoms with Crippen molar-refractivity contribution < 1.29 is 14.6 Å². The van der Waals surface area contributed by atoms with E-state index in [1.54, 1.807) is 25.3 Å². The lowest BCUT2D eigenvalue weighted by molar-refractivity contribution is -0.140. The monoisotopic (exact) mass is 298 g/mol. The van der Waals surface area contributed by atoms with E-state index >= 15 is 0 Å². The summed E-state index contributed by atoms with van der Waals surface area (Å²) in [6.07, 6.45) is 5.44. The summed E-state index contributed by atoms with van der Waals surface area (Å²) in [4.78, 5) is 17.1. The number of esters is 1. The van der Waals surface area contributed by atoms with Gasteiger partial charge in [0, 0.05) is 16.9 Å². The van der Waals surface area contributed by atoms with Gasteiger partial charge in [-0.1, -0.05) is 15.9 Å². The van der Waals surface area contributed by atoms with Gasteiger partial charge in [0.1, 0.15) is 11.4 Å². The van der Waals surface area contributed by atoms with Crippen LogP contribution in [-0.2, 0) is 9.53 Å². The summed E-state index contributed by atoms with van der Waals surface area (Å²) < 4.78 is 5.70. The Morgan fingerprint density at radius 3 is 3.18 bits per heavy atom. The Labute approximate surface area is 107 Å². The second-order valence-electron chi connectivity index (χ2n) is 3.42. The average molecular weight is 299 g/mol. The molecule has 0 amide bonds. The zero-order valence-corrected chi connectivity index (χ0v) is 10.7. The Hall–Kier alpha value is -1.40. The molecule has 90 valence electrons. The minimum atomic E-state index is -1.06. The molecule has 5 nitrogen and oxygen atoms in total. The van der Waals surface area contributed by atoms with E-state index in [9.17, 15) is 9.90 Å². The lowest BCUT2D eigenvalue weighted by atomic mass is 10.1. The van der Waals surface area contributed by atoms with Crippen molar-refractivity contribution in [2.45, 2.75) is 13.2 Å². The van der Waals surface area contributed by atoms with Crippen molar-refractivity contribution >= 4 is 27.7 Å². The maximum absolute atomic E-state index is 11.6. The van der Waals surface area contributed by atoms with Gasteiger partial charge in [-0.25, -0.2) is 9.79 Å². The third kappa shape index (κ3) is 2.32. The zero-order chi connectivity index (χ0) is 12.4. The summed E-state index contributed by atoms with van der Waals surface area (Å²) >= 11 is 3.31. The number of hydrogen-bond donors (Lipinski definition) is 1. The molecule has 0 saturated heterocycles. The molecule has 2 rings (SSSR count). The molecule has 0 bridgehead atoms. The molecular weight excluding hydrogens is 288 g/mol. The maximum atomic E-state index is 11.6.